The van der Waals surface area contributed by atoms with Gasteiger partial charge in [-0.3, -0.25) is 9.69 Å². The van der Waals surface area contributed by atoms with Gasteiger partial charge in [0.1, 0.15) is 0 Å². The van der Waals surface area contributed by atoms with Crippen LogP contribution in [-0.2, 0) is 4.79 Å². The average molecular weight is 198 g/mol. The van der Waals surface area contributed by atoms with E-state index in [1.165, 1.54) is 0 Å². The van der Waals surface area contributed by atoms with Crippen molar-refractivity contribution in [1.82, 2.24) is 10.2 Å². The molecule has 0 spiro atoms. The van der Waals surface area contributed by atoms with Gasteiger partial charge in [0.2, 0.25) is 0 Å². The molecule has 0 amide bonds. The molecule has 1 aliphatic heterocycles. The van der Waals surface area contributed by atoms with Crippen molar-refractivity contribution in [2.75, 3.05) is 26.2 Å². The Morgan fingerprint density at radius 3 is 2.43 bits per heavy atom. The summed E-state index contributed by atoms with van der Waals surface area (Å²) in [6, 6.07) is 0.196. The van der Waals surface area contributed by atoms with Gasteiger partial charge in [-0.15, -0.1) is 0 Å². The zero-order chi connectivity index (χ0) is 10.2. The van der Waals surface area contributed by atoms with Crippen molar-refractivity contribution in [3.05, 3.63) is 0 Å². The lowest BCUT2D eigenvalue weighted by Gasteiger charge is -2.36. The molecule has 14 heavy (non-hydrogen) atoms. The molecule has 2 rings (SSSR count). The van der Waals surface area contributed by atoms with E-state index in [0.29, 0.717) is 0 Å². The summed E-state index contributed by atoms with van der Waals surface area (Å²) in [6.45, 7) is 6.00. The number of nitrogens with one attached hydrogen (secondary N) is 1. The SMILES string of the molecule is CC(N1CCNCC1)C1(C(=O)O)CC1. The average Bonchev–Trinajstić information content (AvgIpc) is 2.99. The maximum absolute atomic E-state index is 11.1. The van der Waals surface area contributed by atoms with Crippen molar-refractivity contribution < 1.29 is 9.90 Å². The first-order chi connectivity index (χ1) is 6.67. The molecule has 4 heteroatoms. The standard InChI is InChI=1S/C10H18N2O2/c1-8(10(2-3-10)9(13)14)12-6-4-11-5-7-12/h8,11H,2-7H2,1H3,(H,13,14). The molecule has 0 bridgehead atoms. The molecule has 1 saturated carbocycles. The van der Waals surface area contributed by atoms with E-state index in [1.54, 1.807) is 0 Å². The molecule has 1 unspecified atom stereocenters. The summed E-state index contributed by atoms with van der Waals surface area (Å²) in [5.74, 6) is -0.608. The third-order valence-electron chi connectivity index (χ3n) is 3.71. The van der Waals surface area contributed by atoms with Crippen molar-refractivity contribution >= 4 is 5.97 Å². The quantitative estimate of drug-likeness (QED) is 0.677. The van der Waals surface area contributed by atoms with Crippen LogP contribution in [0.2, 0.25) is 0 Å². The summed E-state index contributed by atoms with van der Waals surface area (Å²) in [7, 11) is 0. The smallest absolute Gasteiger partial charge is 0.311 e. The first kappa shape index (κ1) is 9.93. The molecule has 1 atom stereocenters. The number of rotatable bonds is 3. The number of carboxylic acid groups (broad SMARTS) is 1. The van der Waals surface area contributed by atoms with Crippen molar-refractivity contribution in [2.45, 2.75) is 25.8 Å². The number of carboxylic acids is 1. The highest BCUT2D eigenvalue weighted by molar-refractivity contribution is 5.78. The highest BCUT2D eigenvalue weighted by Gasteiger charge is 2.55. The molecule has 2 fully saturated rings. The van der Waals surface area contributed by atoms with Crippen LogP contribution in [0.15, 0.2) is 0 Å². The maximum atomic E-state index is 11.1. The minimum Gasteiger partial charge on any atom is -0.481 e. The van der Waals surface area contributed by atoms with E-state index in [2.05, 4.69) is 17.1 Å². The molecule has 0 aromatic heterocycles. The second kappa shape index (κ2) is 3.51. The Morgan fingerprint density at radius 2 is 2.00 bits per heavy atom. The highest BCUT2D eigenvalue weighted by Crippen LogP contribution is 2.50. The molecule has 2 aliphatic rings. The van der Waals surface area contributed by atoms with E-state index < -0.39 is 11.4 Å². The summed E-state index contributed by atoms with van der Waals surface area (Å²) in [5.41, 5.74) is -0.419. The van der Waals surface area contributed by atoms with Crippen molar-refractivity contribution in [3.8, 4) is 0 Å². The van der Waals surface area contributed by atoms with E-state index in [0.717, 1.165) is 39.0 Å². The lowest BCUT2D eigenvalue weighted by atomic mass is 9.96. The van der Waals surface area contributed by atoms with Gasteiger partial charge in [0.25, 0.3) is 0 Å². The normalized spacial score (nSPS) is 28.4. The summed E-state index contributed by atoms with van der Waals surface area (Å²) in [4.78, 5) is 13.4. The van der Waals surface area contributed by atoms with E-state index >= 15 is 0 Å². The van der Waals surface area contributed by atoms with Crippen LogP contribution >= 0.6 is 0 Å². The Kier molecular flexibility index (Phi) is 2.49. The third-order valence-corrected chi connectivity index (χ3v) is 3.71. The molecule has 1 saturated heterocycles. The second-order valence-electron chi connectivity index (χ2n) is 4.42. The largest absolute Gasteiger partial charge is 0.481 e. The Hall–Kier alpha value is -0.610. The predicted octanol–water partition coefficient (Wildman–Crippen LogP) is 0.145. The van der Waals surface area contributed by atoms with Crippen LogP contribution in [0.4, 0.5) is 0 Å². The molecule has 1 aliphatic carbocycles. The fraction of sp³-hybridized carbons (Fsp3) is 0.900. The molecule has 0 radical (unpaired) electrons. The van der Waals surface area contributed by atoms with Crippen LogP contribution in [0.3, 0.4) is 0 Å². The minimum absolute atomic E-state index is 0.196. The van der Waals surface area contributed by atoms with Gasteiger partial charge in [0.05, 0.1) is 5.41 Å². The van der Waals surface area contributed by atoms with Gasteiger partial charge >= 0.3 is 5.97 Å². The van der Waals surface area contributed by atoms with Crippen LogP contribution in [-0.4, -0.2) is 48.2 Å². The predicted molar refractivity (Wildman–Crippen MR) is 53.2 cm³/mol. The van der Waals surface area contributed by atoms with Crippen LogP contribution < -0.4 is 5.32 Å². The van der Waals surface area contributed by atoms with Crippen LogP contribution in [0.1, 0.15) is 19.8 Å². The fourth-order valence-corrected chi connectivity index (χ4v) is 2.36. The molecular weight excluding hydrogens is 180 g/mol. The Balaban J connectivity index is 1.99. The first-order valence-corrected chi connectivity index (χ1v) is 5.35. The van der Waals surface area contributed by atoms with Gasteiger partial charge in [-0.1, -0.05) is 0 Å². The summed E-state index contributed by atoms with van der Waals surface area (Å²) >= 11 is 0. The molecule has 80 valence electrons. The fourth-order valence-electron chi connectivity index (χ4n) is 2.36. The molecule has 4 nitrogen and oxygen atoms in total. The zero-order valence-electron chi connectivity index (χ0n) is 8.62. The monoisotopic (exact) mass is 198 g/mol. The number of aliphatic carboxylic acids is 1. The summed E-state index contributed by atoms with van der Waals surface area (Å²) in [6.07, 6.45) is 1.71. The molecular formula is C10H18N2O2. The number of carbonyl (C=O) groups is 1. The van der Waals surface area contributed by atoms with E-state index in [4.69, 9.17) is 5.11 Å². The summed E-state index contributed by atoms with van der Waals surface area (Å²) < 4.78 is 0. The molecule has 1 heterocycles. The number of nitrogens with zero attached hydrogens (tertiary/aromatic N) is 1. The number of hydrogen-bond donors (Lipinski definition) is 2. The van der Waals surface area contributed by atoms with Crippen LogP contribution in [0, 0.1) is 5.41 Å². The summed E-state index contributed by atoms with van der Waals surface area (Å²) in [5, 5.41) is 12.4. The molecule has 0 aromatic carbocycles. The Labute approximate surface area is 84.3 Å². The van der Waals surface area contributed by atoms with Crippen molar-refractivity contribution in [2.24, 2.45) is 5.41 Å². The van der Waals surface area contributed by atoms with Gasteiger partial charge in [0, 0.05) is 32.2 Å². The second-order valence-corrected chi connectivity index (χ2v) is 4.42. The van der Waals surface area contributed by atoms with Gasteiger partial charge in [-0.05, 0) is 19.8 Å². The van der Waals surface area contributed by atoms with Crippen molar-refractivity contribution in [3.63, 3.8) is 0 Å². The molecule has 0 aromatic rings. The van der Waals surface area contributed by atoms with E-state index in [1.807, 2.05) is 0 Å². The van der Waals surface area contributed by atoms with E-state index in [9.17, 15) is 4.79 Å². The highest BCUT2D eigenvalue weighted by atomic mass is 16.4. The van der Waals surface area contributed by atoms with Gasteiger partial charge < -0.3 is 10.4 Å². The minimum atomic E-state index is -0.608. The van der Waals surface area contributed by atoms with Gasteiger partial charge in [0.15, 0.2) is 0 Å². The Bertz CT molecular complexity index is 232. The van der Waals surface area contributed by atoms with E-state index in [-0.39, 0.29) is 6.04 Å². The number of piperazine rings is 1. The first-order valence-electron chi connectivity index (χ1n) is 5.35. The topological polar surface area (TPSA) is 52.6 Å². The number of hydrogen-bond acceptors (Lipinski definition) is 3. The van der Waals surface area contributed by atoms with Crippen LogP contribution in [0.25, 0.3) is 0 Å². The zero-order valence-corrected chi connectivity index (χ0v) is 8.62. The van der Waals surface area contributed by atoms with Gasteiger partial charge in [-0.2, -0.15) is 0 Å². The third kappa shape index (κ3) is 1.53. The Morgan fingerprint density at radius 1 is 1.43 bits per heavy atom. The van der Waals surface area contributed by atoms with Crippen LogP contribution in [0.5, 0.6) is 0 Å². The lowest BCUT2D eigenvalue weighted by Crippen LogP contribution is -2.51. The molecule has 2 N–H and O–H groups in total. The lowest BCUT2D eigenvalue weighted by molar-refractivity contribution is -0.146. The van der Waals surface area contributed by atoms with Gasteiger partial charge in [-0.25, -0.2) is 0 Å². The van der Waals surface area contributed by atoms with Crippen molar-refractivity contribution in [1.29, 1.82) is 0 Å². The maximum Gasteiger partial charge on any atom is 0.311 e.